The molecular weight excluding hydrogens is 364 g/mol. The van der Waals surface area contributed by atoms with Crippen LogP contribution in [0.25, 0.3) is 12.2 Å². The lowest BCUT2D eigenvalue weighted by Crippen LogP contribution is -2.36. The van der Waals surface area contributed by atoms with Gasteiger partial charge in [-0.05, 0) is 32.0 Å². The molecule has 0 saturated carbocycles. The van der Waals surface area contributed by atoms with E-state index in [2.05, 4.69) is 39.8 Å². The molecule has 1 fully saturated rings. The normalized spacial score (nSPS) is 16.3. The number of anilines is 1. The van der Waals surface area contributed by atoms with Gasteiger partial charge in [-0.3, -0.25) is 9.69 Å². The van der Waals surface area contributed by atoms with Crippen LogP contribution in [0.4, 0.5) is 5.13 Å². The number of piperidine rings is 1. The molecule has 3 heterocycles. The Balaban J connectivity index is 1.54. The quantitative estimate of drug-likeness (QED) is 0.767. The average Bonchev–Trinajstić information content (AvgIpc) is 3.22. The minimum absolute atomic E-state index is 0.00394. The van der Waals surface area contributed by atoms with E-state index >= 15 is 0 Å². The van der Waals surface area contributed by atoms with E-state index in [4.69, 9.17) is 4.42 Å². The number of thiazole rings is 1. The largest absolute Gasteiger partial charge is 0.447 e. The van der Waals surface area contributed by atoms with Gasteiger partial charge in [0.25, 0.3) is 0 Å². The molecule has 140 valence electrons. The standard InChI is InChI=1S/C18H26N4O2SSi/c1-26(2,3)17-12-19-16(24-17)8-7-14-11-20-18(25-14)21-15(23)13-22-9-5-4-6-10-22/h7-8,11-12H,4-6,9-10,13H2,1-3H3,(H,20,21,23). The first kappa shape index (κ1) is 19.0. The minimum atomic E-state index is -1.48. The summed E-state index contributed by atoms with van der Waals surface area (Å²) < 4.78 is 5.80. The molecule has 1 amide bonds. The van der Waals surface area contributed by atoms with Crippen molar-refractivity contribution < 1.29 is 9.21 Å². The van der Waals surface area contributed by atoms with E-state index in [0.29, 0.717) is 17.6 Å². The summed E-state index contributed by atoms with van der Waals surface area (Å²) in [6.07, 6.45) is 11.0. The van der Waals surface area contributed by atoms with Crippen molar-refractivity contribution in [3.05, 3.63) is 23.2 Å². The second-order valence-corrected chi connectivity index (χ2v) is 13.7. The number of rotatable bonds is 6. The number of oxazole rings is 1. The van der Waals surface area contributed by atoms with Crippen LogP contribution in [-0.4, -0.2) is 48.5 Å². The molecule has 0 bridgehead atoms. The zero-order chi connectivity index (χ0) is 18.6. The molecule has 0 aliphatic carbocycles. The van der Waals surface area contributed by atoms with E-state index in [0.717, 1.165) is 23.4 Å². The Labute approximate surface area is 159 Å². The van der Waals surface area contributed by atoms with Gasteiger partial charge in [0.1, 0.15) is 13.5 Å². The van der Waals surface area contributed by atoms with E-state index in [1.54, 1.807) is 6.20 Å². The van der Waals surface area contributed by atoms with Crippen LogP contribution in [0.5, 0.6) is 0 Å². The fourth-order valence-corrected chi connectivity index (χ4v) is 4.36. The van der Waals surface area contributed by atoms with Gasteiger partial charge in [0.05, 0.1) is 12.7 Å². The van der Waals surface area contributed by atoms with E-state index in [9.17, 15) is 4.79 Å². The van der Waals surface area contributed by atoms with Gasteiger partial charge in [-0.25, -0.2) is 9.97 Å². The lowest BCUT2D eigenvalue weighted by atomic mass is 10.1. The molecule has 26 heavy (non-hydrogen) atoms. The Morgan fingerprint density at radius 3 is 2.69 bits per heavy atom. The summed E-state index contributed by atoms with van der Waals surface area (Å²) in [5.41, 5.74) is 0. The Morgan fingerprint density at radius 2 is 2.00 bits per heavy atom. The van der Waals surface area contributed by atoms with Crippen molar-refractivity contribution >= 4 is 48.0 Å². The zero-order valence-electron chi connectivity index (χ0n) is 15.6. The van der Waals surface area contributed by atoms with Gasteiger partial charge in [0, 0.05) is 17.2 Å². The highest BCUT2D eigenvalue weighted by Gasteiger charge is 2.21. The monoisotopic (exact) mass is 390 g/mol. The number of hydrogen-bond donors (Lipinski definition) is 1. The van der Waals surface area contributed by atoms with Crippen LogP contribution in [0.2, 0.25) is 19.6 Å². The predicted molar refractivity (Wildman–Crippen MR) is 109 cm³/mol. The number of nitrogens with one attached hydrogen (secondary N) is 1. The number of carbonyl (C=O) groups is 1. The topological polar surface area (TPSA) is 71.3 Å². The molecule has 6 nitrogen and oxygen atoms in total. The van der Waals surface area contributed by atoms with Crippen molar-refractivity contribution in [2.45, 2.75) is 38.9 Å². The van der Waals surface area contributed by atoms with Gasteiger partial charge in [-0.2, -0.15) is 0 Å². The van der Waals surface area contributed by atoms with E-state index in [-0.39, 0.29) is 5.91 Å². The lowest BCUT2D eigenvalue weighted by molar-refractivity contribution is -0.117. The molecule has 3 rings (SSSR count). The number of hydrogen-bond acceptors (Lipinski definition) is 6. The molecule has 2 aromatic rings. The van der Waals surface area contributed by atoms with Crippen LogP contribution >= 0.6 is 11.3 Å². The first-order valence-corrected chi connectivity index (χ1v) is 13.3. The van der Waals surface area contributed by atoms with E-state index in [1.165, 1.54) is 30.6 Å². The molecule has 0 spiro atoms. The van der Waals surface area contributed by atoms with Gasteiger partial charge in [0.2, 0.25) is 11.8 Å². The number of likely N-dealkylation sites (tertiary alicyclic amines) is 1. The summed E-state index contributed by atoms with van der Waals surface area (Å²) in [6, 6.07) is 0. The Kier molecular flexibility index (Phi) is 6.05. The fourth-order valence-electron chi connectivity index (χ4n) is 2.77. The Hall–Kier alpha value is -1.77. The Bertz CT molecular complexity index is 772. The maximum atomic E-state index is 12.1. The van der Waals surface area contributed by atoms with Crippen LogP contribution in [0, 0.1) is 0 Å². The maximum Gasteiger partial charge on any atom is 0.240 e. The van der Waals surface area contributed by atoms with Crippen molar-refractivity contribution in [1.29, 1.82) is 0 Å². The highest BCUT2D eigenvalue weighted by molar-refractivity contribution is 7.16. The van der Waals surface area contributed by atoms with Crippen LogP contribution in [-0.2, 0) is 4.79 Å². The molecule has 0 atom stereocenters. The number of carbonyl (C=O) groups excluding carboxylic acids is 1. The van der Waals surface area contributed by atoms with E-state index in [1.807, 2.05) is 18.3 Å². The van der Waals surface area contributed by atoms with Crippen LogP contribution < -0.4 is 10.7 Å². The van der Waals surface area contributed by atoms with Crippen LogP contribution in [0.1, 0.15) is 30.0 Å². The molecule has 1 saturated heterocycles. The number of amides is 1. The van der Waals surface area contributed by atoms with Crippen molar-refractivity contribution in [2.24, 2.45) is 0 Å². The van der Waals surface area contributed by atoms with Gasteiger partial charge in [0.15, 0.2) is 5.13 Å². The molecule has 1 N–H and O–H groups in total. The highest BCUT2D eigenvalue weighted by Crippen LogP contribution is 2.20. The fraction of sp³-hybridized carbons (Fsp3) is 0.500. The van der Waals surface area contributed by atoms with E-state index < -0.39 is 8.07 Å². The molecule has 0 radical (unpaired) electrons. The van der Waals surface area contributed by atoms with Gasteiger partial charge < -0.3 is 9.73 Å². The Morgan fingerprint density at radius 1 is 1.23 bits per heavy atom. The molecule has 0 aromatic carbocycles. The van der Waals surface area contributed by atoms with Crippen molar-refractivity contribution in [1.82, 2.24) is 14.9 Å². The highest BCUT2D eigenvalue weighted by atomic mass is 32.1. The molecule has 8 heteroatoms. The summed E-state index contributed by atoms with van der Waals surface area (Å²) >= 11 is 1.45. The van der Waals surface area contributed by atoms with Crippen molar-refractivity contribution in [3.63, 3.8) is 0 Å². The zero-order valence-corrected chi connectivity index (χ0v) is 17.4. The SMILES string of the molecule is C[Si](C)(C)c1cnc(C=Cc2cnc(NC(=O)CN3CCCCC3)s2)o1. The summed E-state index contributed by atoms with van der Waals surface area (Å²) in [6.45, 7) is 9.14. The second kappa shape index (κ2) is 8.28. The summed E-state index contributed by atoms with van der Waals surface area (Å²) in [4.78, 5) is 23.9. The third-order valence-corrected chi connectivity index (χ3v) is 6.83. The maximum absolute atomic E-state index is 12.1. The molecular formula is C18H26N4O2SSi. The average molecular weight is 391 g/mol. The summed E-state index contributed by atoms with van der Waals surface area (Å²) in [7, 11) is -1.48. The smallest absolute Gasteiger partial charge is 0.240 e. The van der Waals surface area contributed by atoms with Crippen LogP contribution in [0.15, 0.2) is 16.8 Å². The number of aromatic nitrogens is 2. The third kappa shape index (κ3) is 5.36. The van der Waals surface area contributed by atoms with Gasteiger partial charge in [-0.1, -0.05) is 37.4 Å². The van der Waals surface area contributed by atoms with Crippen molar-refractivity contribution in [2.75, 3.05) is 25.0 Å². The molecule has 1 aliphatic rings. The van der Waals surface area contributed by atoms with Crippen molar-refractivity contribution in [3.8, 4) is 0 Å². The third-order valence-electron chi connectivity index (χ3n) is 4.24. The molecule has 1 aliphatic heterocycles. The van der Waals surface area contributed by atoms with Gasteiger partial charge in [-0.15, -0.1) is 0 Å². The lowest BCUT2D eigenvalue weighted by Gasteiger charge is -2.25. The molecule has 0 unspecified atom stereocenters. The number of nitrogens with zero attached hydrogens (tertiary/aromatic N) is 3. The predicted octanol–water partition coefficient (Wildman–Crippen LogP) is 3.27. The first-order valence-electron chi connectivity index (χ1n) is 9.02. The van der Waals surface area contributed by atoms with Gasteiger partial charge >= 0.3 is 0 Å². The first-order chi connectivity index (χ1) is 12.4. The molecule has 2 aromatic heterocycles. The summed E-state index contributed by atoms with van der Waals surface area (Å²) in [5, 5.41) is 4.51. The van der Waals surface area contributed by atoms with Crippen LogP contribution in [0.3, 0.4) is 0 Å². The second-order valence-electron chi connectivity index (χ2n) is 7.60. The minimum Gasteiger partial charge on any atom is -0.447 e. The summed E-state index contributed by atoms with van der Waals surface area (Å²) in [5.74, 6) is 0.607.